The van der Waals surface area contributed by atoms with Crippen molar-refractivity contribution in [2.75, 3.05) is 5.73 Å². The predicted octanol–water partition coefficient (Wildman–Crippen LogP) is 0.469. The molecule has 0 saturated heterocycles. The number of hydrogen-bond acceptors (Lipinski definition) is 4. The molecule has 0 amide bonds. The van der Waals surface area contributed by atoms with Crippen LogP contribution in [0.2, 0.25) is 0 Å². The molecule has 2 rings (SSSR count). The third-order valence-corrected chi connectivity index (χ3v) is 2.00. The number of aliphatic hydroxyl groups is 1. The lowest BCUT2D eigenvalue weighted by Crippen LogP contribution is -2.04. The van der Waals surface area contributed by atoms with Crippen LogP contribution in [0.5, 0.6) is 0 Å². The van der Waals surface area contributed by atoms with Crippen LogP contribution in [0, 0.1) is 0 Å². The second kappa shape index (κ2) is 3.47. The monoisotopic (exact) mass is 190 g/mol. The van der Waals surface area contributed by atoms with E-state index >= 15 is 0 Å². The molecule has 0 aliphatic heterocycles. The maximum atomic E-state index is 9.88. The minimum absolute atomic E-state index is 0.334. The van der Waals surface area contributed by atoms with Crippen molar-refractivity contribution in [2.24, 2.45) is 0 Å². The minimum atomic E-state index is -0.776. The summed E-state index contributed by atoms with van der Waals surface area (Å²) < 4.78 is 0. The van der Waals surface area contributed by atoms with E-state index in [2.05, 4.69) is 15.2 Å². The van der Waals surface area contributed by atoms with E-state index < -0.39 is 6.10 Å². The highest BCUT2D eigenvalue weighted by Crippen LogP contribution is 2.23. The summed E-state index contributed by atoms with van der Waals surface area (Å²) in [7, 11) is 0. The van der Waals surface area contributed by atoms with Gasteiger partial charge in [-0.15, -0.1) is 0 Å². The predicted molar refractivity (Wildman–Crippen MR) is 51.3 cm³/mol. The zero-order valence-electron chi connectivity index (χ0n) is 7.38. The summed E-state index contributed by atoms with van der Waals surface area (Å²) in [5, 5.41) is 16.3. The fraction of sp³-hybridized carbons (Fsp3) is 0.111. The summed E-state index contributed by atoms with van der Waals surface area (Å²) in [5.74, 6) is 0.334. The van der Waals surface area contributed by atoms with Gasteiger partial charge in [0.1, 0.15) is 11.9 Å². The van der Waals surface area contributed by atoms with Gasteiger partial charge in [0.05, 0.1) is 6.20 Å². The molecule has 2 aromatic heterocycles. The molecular formula is C9H10N4O. The summed E-state index contributed by atoms with van der Waals surface area (Å²) in [6.07, 6.45) is 3.98. The first kappa shape index (κ1) is 8.71. The van der Waals surface area contributed by atoms with Gasteiger partial charge in [-0.2, -0.15) is 5.10 Å². The molecule has 2 heterocycles. The summed E-state index contributed by atoms with van der Waals surface area (Å²) in [6.45, 7) is 0. The minimum Gasteiger partial charge on any atom is -0.383 e. The molecule has 72 valence electrons. The fourth-order valence-corrected chi connectivity index (χ4v) is 1.25. The van der Waals surface area contributed by atoms with Crippen LogP contribution in [0.25, 0.3) is 0 Å². The topological polar surface area (TPSA) is 87.8 Å². The van der Waals surface area contributed by atoms with Gasteiger partial charge in [-0.25, -0.2) is 4.98 Å². The van der Waals surface area contributed by atoms with Crippen molar-refractivity contribution < 1.29 is 5.11 Å². The Kier molecular flexibility index (Phi) is 2.16. The molecule has 1 unspecified atom stereocenters. The summed E-state index contributed by atoms with van der Waals surface area (Å²) in [5.41, 5.74) is 6.89. The van der Waals surface area contributed by atoms with Gasteiger partial charge >= 0.3 is 0 Å². The van der Waals surface area contributed by atoms with Crippen molar-refractivity contribution in [3.63, 3.8) is 0 Å². The summed E-state index contributed by atoms with van der Waals surface area (Å²) >= 11 is 0. The Morgan fingerprint density at radius 1 is 1.50 bits per heavy atom. The second-order valence-electron chi connectivity index (χ2n) is 2.91. The average Bonchev–Trinajstić information content (AvgIpc) is 2.70. The van der Waals surface area contributed by atoms with E-state index in [1.165, 1.54) is 0 Å². The van der Waals surface area contributed by atoms with Crippen LogP contribution in [-0.2, 0) is 0 Å². The number of aliphatic hydroxyl groups excluding tert-OH is 1. The maximum Gasteiger partial charge on any atom is 0.129 e. The quantitative estimate of drug-likeness (QED) is 0.642. The number of pyridine rings is 1. The molecule has 0 bridgehead atoms. The van der Waals surface area contributed by atoms with Gasteiger partial charge in [0.15, 0.2) is 0 Å². The number of anilines is 1. The van der Waals surface area contributed by atoms with Crippen LogP contribution in [0.3, 0.4) is 0 Å². The molecule has 0 saturated carbocycles. The average molecular weight is 190 g/mol. The Morgan fingerprint density at radius 3 is 3.00 bits per heavy atom. The van der Waals surface area contributed by atoms with Gasteiger partial charge in [0.25, 0.3) is 0 Å². The molecule has 0 fully saturated rings. The molecular weight excluding hydrogens is 180 g/mol. The molecule has 14 heavy (non-hydrogen) atoms. The molecule has 0 aliphatic carbocycles. The molecule has 0 aromatic carbocycles. The van der Waals surface area contributed by atoms with Gasteiger partial charge in [0.2, 0.25) is 0 Å². The van der Waals surface area contributed by atoms with Gasteiger partial charge in [-0.1, -0.05) is 6.07 Å². The molecule has 0 aliphatic rings. The van der Waals surface area contributed by atoms with Gasteiger partial charge in [0, 0.05) is 23.5 Å². The molecule has 5 nitrogen and oxygen atoms in total. The van der Waals surface area contributed by atoms with Gasteiger partial charge in [-0.3, -0.25) is 5.10 Å². The van der Waals surface area contributed by atoms with E-state index in [0.717, 1.165) is 0 Å². The normalized spacial score (nSPS) is 12.6. The zero-order chi connectivity index (χ0) is 9.97. The van der Waals surface area contributed by atoms with Gasteiger partial charge < -0.3 is 10.8 Å². The molecule has 0 radical (unpaired) electrons. The highest BCUT2D eigenvalue weighted by molar-refractivity contribution is 5.43. The number of rotatable bonds is 2. The lowest BCUT2D eigenvalue weighted by molar-refractivity contribution is 0.221. The molecule has 1 atom stereocenters. The van der Waals surface area contributed by atoms with Crippen molar-refractivity contribution in [2.45, 2.75) is 6.10 Å². The summed E-state index contributed by atoms with van der Waals surface area (Å²) in [4.78, 5) is 3.90. The van der Waals surface area contributed by atoms with E-state index in [4.69, 9.17) is 5.73 Å². The lowest BCUT2D eigenvalue weighted by atomic mass is 10.1. The van der Waals surface area contributed by atoms with Gasteiger partial charge in [-0.05, 0) is 6.07 Å². The van der Waals surface area contributed by atoms with Crippen LogP contribution >= 0.6 is 0 Å². The van der Waals surface area contributed by atoms with Crippen LogP contribution in [0.4, 0.5) is 5.82 Å². The number of aromatic nitrogens is 3. The fourth-order valence-electron chi connectivity index (χ4n) is 1.25. The largest absolute Gasteiger partial charge is 0.383 e. The first-order chi connectivity index (χ1) is 6.79. The first-order valence-corrected chi connectivity index (χ1v) is 4.16. The van der Waals surface area contributed by atoms with Crippen LogP contribution in [0.15, 0.2) is 30.7 Å². The Hall–Kier alpha value is -1.88. The summed E-state index contributed by atoms with van der Waals surface area (Å²) in [6, 6.07) is 3.47. The van der Waals surface area contributed by atoms with Crippen LogP contribution in [-0.4, -0.2) is 20.3 Å². The molecule has 2 aromatic rings. The highest BCUT2D eigenvalue weighted by Gasteiger charge is 2.14. The van der Waals surface area contributed by atoms with Crippen molar-refractivity contribution >= 4 is 5.82 Å². The van der Waals surface area contributed by atoms with Crippen molar-refractivity contribution in [1.29, 1.82) is 0 Å². The Labute approximate surface area is 80.6 Å². The standard InChI is InChI=1S/C9H10N4O/c10-9-7(2-1-3-11-9)8(14)6-4-12-13-5-6/h1-5,8,14H,(H2,10,11)(H,12,13). The number of aromatic amines is 1. The second-order valence-corrected chi connectivity index (χ2v) is 2.91. The number of nitrogens with one attached hydrogen (secondary N) is 1. The van der Waals surface area contributed by atoms with Crippen molar-refractivity contribution in [3.8, 4) is 0 Å². The number of hydrogen-bond donors (Lipinski definition) is 3. The van der Waals surface area contributed by atoms with Crippen LogP contribution in [0.1, 0.15) is 17.2 Å². The van der Waals surface area contributed by atoms with Crippen molar-refractivity contribution in [3.05, 3.63) is 41.9 Å². The Balaban J connectivity index is 2.37. The van der Waals surface area contributed by atoms with E-state index in [-0.39, 0.29) is 0 Å². The third-order valence-electron chi connectivity index (χ3n) is 2.00. The Bertz CT molecular complexity index is 413. The van der Waals surface area contributed by atoms with E-state index in [9.17, 15) is 5.11 Å². The van der Waals surface area contributed by atoms with Crippen molar-refractivity contribution in [1.82, 2.24) is 15.2 Å². The van der Waals surface area contributed by atoms with Crippen LogP contribution < -0.4 is 5.73 Å². The Morgan fingerprint density at radius 2 is 2.36 bits per heavy atom. The zero-order valence-corrected chi connectivity index (χ0v) is 7.38. The maximum absolute atomic E-state index is 9.88. The number of H-pyrrole nitrogens is 1. The lowest BCUT2D eigenvalue weighted by Gasteiger charge is -2.09. The highest BCUT2D eigenvalue weighted by atomic mass is 16.3. The first-order valence-electron chi connectivity index (χ1n) is 4.16. The number of nitrogens with two attached hydrogens (primary N) is 1. The molecule has 5 heteroatoms. The van der Waals surface area contributed by atoms with E-state index in [1.54, 1.807) is 30.7 Å². The SMILES string of the molecule is Nc1ncccc1C(O)c1cn[nH]c1. The number of nitrogen functional groups attached to an aromatic ring is 1. The molecule has 0 spiro atoms. The van der Waals surface area contributed by atoms with E-state index in [1.807, 2.05) is 0 Å². The third kappa shape index (κ3) is 1.45. The number of nitrogens with zero attached hydrogens (tertiary/aromatic N) is 2. The smallest absolute Gasteiger partial charge is 0.129 e. The van der Waals surface area contributed by atoms with E-state index in [0.29, 0.717) is 16.9 Å². The molecule has 4 N–H and O–H groups in total.